The van der Waals surface area contributed by atoms with Crippen LogP contribution in [0.25, 0.3) is 5.70 Å². The van der Waals surface area contributed by atoms with E-state index in [0.717, 1.165) is 54.6 Å². The van der Waals surface area contributed by atoms with Crippen molar-refractivity contribution in [1.82, 2.24) is 9.88 Å². The Kier molecular flexibility index (Phi) is 13.9. The Hall–Kier alpha value is -2.67. The van der Waals surface area contributed by atoms with Gasteiger partial charge in [0.05, 0.1) is 21.3 Å². The Morgan fingerprint density at radius 2 is 1.65 bits per heavy atom. The topological polar surface area (TPSA) is 53.2 Å². The lowest BCUT2D eigenvalue weighted by atomic mass is 9.88. The second-order valence-electron chi connectivity index (χ2n) is 12.9. The number of Topliss-reactive ketones (excluding diaryl/α,β-unsaturated/α-hetero) is 1. The summed E-state index contributed by atoms with van der Waals surface area (Å²) < 4.78 is 28.2. The second-order valence-corrected chi connectivity index (χ2v) is 17.7. The molecular formula is C40H42Cl3F2N2O2PS. The smallest absolute Gasteiger partial charge is 0.362 e. The SMILES string of the molecule is CCCP(CC(=O)CC)Cc1ccccc1.Cc1ccc2c(c1)CN(C(=C1CCC1)c1c(Sc3c(Cl)cccc3Cl)cc(C(F)(F)Cl)[nH]c1=O)C2. The molecule has 1 aliphatic carbocycles. The second kappa shape index (κ2) is 17.9. The van der Waals surface area contributed by atoms with Crippen molar-refractivity contribution in [2.24, 2.45) is 0 Å². The van der Waals surface area contributed by atoms with Crippen LogP contribution in [0.1, 0.15) is 79.5 Å². The number of carbonyl (C=O) groups is 1. The molecule has 0 bridgehead atoms. The fourth-order valence-corrected chi connectivity index (χ4v) is 10.5. The standard InChI is InChI=1S/C26H21Cl3F2N2OS.C14H21OP/c1-14-8-9-16-12-33(13-17(16)10-14)23(15-4-2-5-15)22-20(11-21(26(29,30)31)32-25(22)34)35-24-18(27)6-3-7-19(24)28;1-3-10-16(12-14(15)4-2)11-13-8-6-5-7-9-13/h3,6-11H,2,4-5,12-13H2,1H3,(H,32,34);5-9H,3-4,10-12H2,1-2H3. The summed E-state index contributed by atoms with van der Waals surface area (Å²) in [6.45, 7) is 7.49. The molecule has 270 valence electrons. The minimum atomic E-state index is -3.73. The monoisotopic (exact) mass is 788 g/mol. The number of benzene rings is 3. The van der Waals surface area contributed by atoms with E-state index in [1.54, 1.807) is 18.2 Å². The number of hydrogen-bond acceptors (Lipinski definition) is 4. The van der Waals surface area contributed by atoms with Crippen LogP contribution in [0.3, 0.4) is 0 Å². The van der Waals surface area contributed by atoms with Gasteiger partial charge in [-0.2, -0.15) is 8.78 Å². The Morgan fingerprint density at radius 3 is 2.25 bits per heavy atom. The van der Waals surface area contributed by atoms with Gasteiger partial charge in [0.15, 0.2) is 0 Å². The van der Waals surface area contributed by atoms with Crippen LogP contribution in [0.4, 0.5) is 8.78 Å². The van der Waals surface area contributed by atoms with Gasteiger partial charge >= 0.3 is 5.38 Å². The largest absolute Gasteiger partial charge is 0.362 e. The molecule has 1 fully saturated rings. The van der Waals surface area contributed by atoms with Crippen LogP contribution in [0.2, 0.25) is 10.0 Å². The zero-order valence-electron chi connectivity index (χ0n) is 29.0. The molecule has 1 unspecified atom stereocenters. The number of ketones is 1. The molecule has 0 amide bonds. The van der Waals surface area contributed by atoms with Crippen LogP contribution in [0.5, 0.6) is 0 Å². The maximum absolute atomic E-state index is 14.1. The van der Waals surface area contributed by atoms with Crippen molar-refractivity contribution >= 4 is 66.0 Å². The summed E-state index contributed by atoms with van der Waals surface area (Å²) in [5, 5.41) is -2.99. The van der Waals surface area contributed by atoms with Crippen LogP contribution in [-0.4, -0.2) is 28.0 Å². The van der Waals surface area contributed by atoms with Crippen LogP contribution >= 0.6 is 54.5 Å². The van der Waals surface area contributed by atoms with Crippen LogP contribution in [-0.2, 0) is 29.4 Å². The fourth-order valence-electron chi connectivity index (χ4n) is 6.25. The number of pyridine rings is 1. The number of hydrogen-bond donors (Lipinski definition) is 1. The summed E-state index contributed by atoms with van der Waals surface area (Å²) in [5.41, 5.74) is 5.93. The Balaban J connectivity index is 0.000000265. The van der Waals surface area contributed by atoms with E-state index in [9.17, 15) is 18.4 Å². The highest BCUT2D eigenvalue weighted by molar-refractivity contribution is 7.99. The van der Waals surface area contributed by atoms with Crippen molar-refractivity contribution in [2.45, 2.75) is 87.3 Å². The van der Waals surface area contributed by atoms with E-state index in [4.69, 9.17) is 34.8 Å². The molecule has 3 aromatic carbocycles. The first kappa shape index (κ1) is 39.5. The zero-order valence-corrected chi connectivity index (χ0v) is 33.0. The van der Waals surface area contributed by atoms with Crippen LogP contribution in [0, 0.1) is 6.92 Å². The number of nitrogens with one attached hydrogen (secondary N) is 1. The summed E-state index contributed by atoms with van der Waals surface area (Å²) in [6.07, 6.45) is 7.75. The normalized spacial score (nSPS) is 14.4. The van der Waals surface area contributed by atoms with Crippen molar-refractivity contribution in [2.75, 3.05) is 12.3 Å². The number of fused-ring (bicyclic) bond motifs is 1. The van der Waals surface area contributed by atoms with Crippen molar-refractivity contribution in [1.29, 1.82) is 0 Å². The molecular weight excluding hydrogens is 748 g/mol. The number of rotatable bonds is 12. The molecule has 1 N–H and O–H groups in total. The van der Waals surface area contributed by atoms with E-state index in [2.05, 4.69) is 59.3 Å². The van der Waals surface area contributed by atoms with E-state index < -0.39 is 16.6 Å². The number of halogens is 5. The van der Waals surface area contributed by atoms with Gasteiger partial charge in [-0.3, -0.25) is 9.59 Å². The van der Waals surface area contributed by atoms with Crippen molar-refractivity contribution in [3.05, 3.63) is 132 Å². The van der Waals surface area contributed by atoms with E-state index in [1.807, 2.05) is 19.9 Å². The van der Waals surface area contributed by atoms with Gasteiger partial charge < -0.3 is 9.88 Å². The minimum absolute atomic E-state index is 0.132. The van der Waals surface area contributed by atoms with Crippen LogP contribution in [0.15, 0.2) is 93.0 Å². The first-order chi connectivity index (χ1) is 24.4. The summed E-state index contributed by atoms with van der Waals surface area (Å²) in [5.74, 6) is 0.426. The average Bonchev–Trinajstić information content (AvgIpc) is 3.48. The van der Waals surface area contributed by atoms with Gasteiger partial charge in [-0.05, 0) is 90.6 Å². The molecule has 0 spiro atoms. The van der Waals surface area contributed by atoms with E-state index >= 15 is 0 Å². The Morgan fingerprint density at radius 1 is 0.961 bits per heavy atom. The molecule has 51 heavy (non-hydrogen) atoms. The van der Waals surface area contributed by atoms with E-state index in [1.165, 1.54) is 40.9 Å². The van der Waals surface area contributed by atoms with Crippen LogP contribution < -0.4 is 5.56 Å². The maximum Gasteiger partial charge on any atom is 0.362 e. The summed E-state index contributed by atoms with van der Waals surface area (Å²) >= 11 is 19.2. The molecule has 1 saturated carbocycles. The highest BCUT2D eigenvalue weighted by atomic mass is 35.5. The molecule has 6 rings (SSSR count). The summed E-state index contributed by atoms with van der Waals surface area (Å²) in [4.78, 5) is 30.3. The number of carbonyl (C=O) groups excluding carboxylic acids is 1. The molecule has 1 aliphatic heterocycles. The maximum atomic E-state index is 14.1. The number of H-pyrrole nitrogens is 1. The van der Waals surface area contributed by atoms with Gasteiger partial charge in [0.25, 0.3) is 5.56 Å². The molecule has 11 heteroatoms. The molecule has 0 saturated heterocycles. The highest BCUT2D eigenvalue weighted by Crippen LogP contribution is 2.46. The quantitative estimate of drug-likeness (QED) is 0.115. The Labute approximate surface area is 319 Å². The summed E-state index contributed by atoms with van der Waals surface area (Å²) in [6, 6.07) is 23.2. The number of aromatic amines is 1. The number of allylic oxidation sites excluding steroid dienone is 1. The van der Waals surface area contributed by atoms with E-state index in [0.29, 0.717) is 50.7 Å². The number of alkyl halides is 3. The minimum Gasteiger partial charge on any atom is -0.362 e. The lowest BCUT2D eigenvalue weighted by Gasteiger charge is -2.30. The third kappa shape index (κ3) is 10.3. The molecule has 2 heterocycles. The zero-order chi connectivity index (χ0) is 36.7. The number of nitrogens with zero attached hydrogens (tertiary/aromatic N) is 1. The summed E-state index contributed by atoms with van der Waals surface area (Å²) in [7, 11) is -0.132. The lowest BCUT2D eigenvalue weighted by molar-refractivity contribution is -0.116. The van der Waals surface area contributed by atoms with Crippen molar-refractivity contribution < 1.29 is 13.6 Å². The third-order valence-electron chi connectivity index (χ3n) is 8.95. The Bertz CT molecular complexity index is 1920. The third-order valence-corrected chi connectivity index (χ3v) is 13.9. The molecule has 1 atom stereocenters. The average molecular weight is 790 g/mol. The molecule has 2 aliphatic rings. The predicted octanol–water partition coefficient (Wildman–Crippen LogP) is 12.4. The van der Waals surface area contributed by atoms with Crippen molar-refractivity contribution in [3.8, 4) is 0 Å². The van der Waals surface area contributed by atoms with E-state index in [-0.39, 0.29) is 7.92 Å². The highest BCUT2D eigenvalue weighted by Gasteiger charge is 2.34. The first-order valence-corrected chi connectivity index (χ1v) is 21.0. The number of aryl methyl sites for hydroxylation is 1. The van der Waals surface area contributed by atoms with Gasteiger partial charge in [-0.25, -0.2) is 0 Å². The van der Waals surface area contributed by atoms with Gasteiger partial charge in [0, 0.05) is 35.5 Å². The lowest BCUT2D eigenvalue weighted by Crippen LogP contribution is -2.27. The number of aromatic nitrogens is 1. The molecule has 0 radical (unpaired) electrons. The van der Waals surface area contributed by atoms with Crippen molar-refractivity contribution in [3.63, 3.8) is 0 Å². The molecule has 4 nitrogen and oxygen atoms in total. The first-order valence-electron chi connectivity index (χ1n) is 17.2. The fraction of sp³-hybridized carbons (Fsp3) is 0.350. The van der Waals surface area contributed by atoms with Gasteiger partial charge in [-0.1, -0.05) is 123 Å². The van der Waals surface area contributed by atoms with Gasteiger partial charge in [-0.15, -0.1) is 0 Å². The van der Waals surface area contributed by atoms with Gasteiger partial charge in [0.2, 0.25) is 0 Å². The molecule has 4 aromatic rings. The molecule has 1 aromatic heterocycles. The van der Waals surface area contributed by atoms with Gasteiger partial charge in [0.1, 0.15) is 11.5 Å². The predicted molar refractivity (Wildman–Crippen MR) is 211 cm³/mol.